The first-order valence-electron chi connectivity index (χ1n) is 4.49. The van der Waals surface area contributed by atoms with Gasteiger partial charge in [-0.3, -0.25) is 0 Å². The molecule has 3 atom stereocenters. The smallest absolute Gasteiger partial charge is 0.0661 e. The predicted octanol–water partition coefficient (Wildman–Crippen LogP) is 1.05. The van der Waals surface area contributed by atoms with Crippen LogP contribution in [0.1, 0.15) is 12.8 Å². The highest BCUT2D eigenvalue weighted by molar-refractivity contribution is 7.99. The first-order chi connectivity index (χ1) is 5.63. The van der Waals surface area contributed by atoms with E-state index in [0.717, 1.165) is 13.0 Å². The van der Waals surface area contributed by atoms with Crippen molar-refractivity contribution in [1.29, 1.82) is 0 Å². The van der Waals surface area contributed by atoms with Crippen molar-refractivity contribution in [2.75, 3.05) is 26.9 Å². The third-order valence-electron chi connectivity index (χ3n) is 2.50. The van der Waals surface area contributed by atoms with Crippen molar-refractivity contribution >= 4 is 11.8 Å². The molecule has 3 unspecified atom stereocenters. The van der Waals surface area contributed by atoms with Crippen LogP contribution in [0.3, 0.4) is 0 Å². The highest BCUT2D eigenvalue weighted by Crippen LogP contribution is 2.33. The quantitative estimate of drug-likeness (QED) is 0.718. The van der Waals surface area contributed by atoms with Crippen LogP contribution in [0.15, 0.2) is 0 Å². The lowest BCUT2D eigenvalue weighted by molar-refractivity contribution is 0.178. The molecule has 1 aliphatic carbocycles. The highest BCUT2D eigenvalue weighted by Gasteiger charge is 2.32. The van der Waals surface area contributed by atoms with Gasteiger partial charge in [0.2, 0.25) is 0 Å². The summed E-state index contributed by atoms with van der Waals surface area (Å²) < 4.78 is 0. The van der Waals surface area contributed by atoms with Gasteiger partial charge in [0.1, 0.15) is 0 Å². The molecular formula is C9H19NOS. The zero-order valence-electron chi connectivity index (χ0n) is 8.16. The molecule has 0 radical (unpaired) electrons. The number of nitrogens with zero attached hydrogens (tertiary/aromatic N) is 1. The third kappa shape index (κ3) is 2.64. The van der Waals surface area contributed by atoms with Gasteiger partial charge in [-0.25, -0.2) is 0 Å². The molecule has 0 aliphatic heterocycles. The van der Waals surface area contributed by atoms with E-state index >= 15 is 0 Å². The Balaban J connectivity index is 2.33. The van der Waals surface area contributed by atoms with Crippen molar-refractivity contribution in [2.45, 2.75) is 24.2 Å². The maximum Gasteiger partial charge on any atom is 0.0661 e. The van der Waals surface area contributed by atoms with Crippen molar-refractivity contribution in [3.8, 4) is 0 Å². The zero-order chi connectivity index (χ0) is 9.14. The summed E-state index contributed by atoms with van der Waals surface area (Å²) >= 11 is 1.80. The van der Waals surface area contributed by atoms with Crippen molar-refractivity contribution < 1.29 is 5.11 Å². The van der Waals surface area contributed by atoms with E-state index in [-0.39, 0.29) is 6.10 Å². The monoisotopic (exact) mass is 189 g/mol. The minimum absolute atomic E-state index is 0.0649. The van der Waals surface area contributed by atoms with Crippen molar-refractivity contribution in [3.63, 3.8) is 0 Å². The fraction of sp³-hybridized carbons (Fsp3) is 1.00. The predicted molar refractivity (Wildman–Crippen MR) is 54.6 cm³/mol. The van der Waals surface area contributed by atoms with E-state index in [1.807, 2.05) is 0 Å². The number of aliphatic hydroxyl groups is 1. The molecule has 0 aromatic carbocycles. The van der Waals surface area contributed by atoms with E-state index < -0.39 is 0 Å². The number of hydrogen-bond donors (Lipinski definition) is 1. The molecule has 3 heteroatoms. The molecule has 1 saturated carbocycles. The van der Waals surface area contributed by atoms with E-state index in [2.05, 4.69) is 25.3 Å². The molecule has 12 heavy (non-hydrogen) atoms. The molecule has 1 fully saturated rings. The average molecular weight is 189 g/mol. The summed E-state index contributed by atoms with van der Waals surface area (Å²) in [6, 6.07) is 0. The van der Waals surface area contributed by atoms with Crippen LogP contribution >= 0.6 is 11.8 Å². The molecule has 0 bridgehead atoms. The minimum atomic E-state index is -0.0649. The summed E-state index contributed by atoms with van der Waals surface area (Å²) in [5.74, 6) is 0.701. The molecule has 0 aromatic rings. The normalized spacial score (nSPS) is 36.2. The summed E-state index contributed by atoms with van der Waals surface area (Å²) in [5.41, 5.74) is 0. The molecule has 2 nitrogen and oxygen atoms in total. The van der Waals surface area contributed by atoms with Crippen LogP contribution in [0.4, 0.5) is 0 Å². The van der Waals surface area contributed by atoms with Gasteiger partial charge >= 0.3 is 0 Å². The summed E-state index contributed by atoms with van der Waals surface area (Å²) in [5, 5.41) is 10.1. The van der Waals surface area contributed by atoms with Gasteiger partial charge in [0.25, 0.3) is 0 Å². The van der Waals surface area contributed by atoms with Crippen LogP contribution in [-0.2, 0) is 0 Å². The van der Waals surface area contributed by atoms with Gasteiger partial charge in [-0.05, 0) is 39.1 Å². The second kappa shape index (κ2) is 4.49. The summed E-state index contributed by atoms with van der Waals surface area (Å²) in [6.45, 7) is 1.12. The maximum atomic E-state index is 9.63. The molecule has 1 N–H and O–H groups in total. The second-order valence-electron chi connectivity index (χ2n) is 3.94. The Hall–Kier alpha value is 0.270. The van der Waals surface area contributed by atoms with Crippen molar-refractivity contribution in [3.05, 3.63) is 0 Å². The standard InChI is InChI=1S/C9H19NOS/c1-10(2)6-7-4-8(11)9(5-7)12-3/h7-9,11H,4-6H2,1-3H3. The lowest BCUT2D eigenvalue weighted by atomic mass is 10.1. The average Bonchev–Trinajstić information content (AvgIpc) is 2.29. The Morgan fingerprint density at radius 1 is 1.42 bits per heavy atom. The summed E-state index contributed by atoms with van der Waals surface area (Å²) in [4.78, 5) is 2.21. The van der Waals surface area contributed by atoms with Crippen LogP contribution in [0.5, 0.6) is 0 Å². The Labute approximate surface area is 79.3 Å². The fourth-order valence-corrected chi connectivity index (χ4v) is 2.88. The topological polar surface area (TPSA) is 23.5 Å². The zero-order valence-corrected chi connectivity index (χ0v) is 8.97. The number of hydrogen-bond acceptors (Lipinski definition) is 3. The van der Waals surface area contributed by atoms with Crippen molar-refractivity contribution in [2.24, 2.45) is 5.92 Å². The Kier molecular flexibility index (Phi) is 3.87. The highest BCUT2D eigenvalue weighted by atomic mass is 32.2. The SMILES string of the molecule is CSC1CC(CN(C)C)CC1O. The van der Waals surface area contributed by atoms with Crippen LogP contribution in [0, 0.1) is 5.92 Å². The molecule has 0 saturated heterocycles. The Morgan fingerprint density at radius 2 is 2.08 bits per heavy atom. The molecule has 1 aliphatic rings. The van der Waals surface area contributed by atoms with Gasteiger partial charge in [-0.15, -0.1) is 0 Å². The van der Waals surface area contributed by atoms with Gasteiger partial charge in [0.15, 0.2) is 0 Å². The summed E-state index contributed by atoms with van der Waals surface area (Å²) in [6.07, 6.45) is 4.20. The second-order valence-corrected chi connectivity index (χ2v) is 5.02. The first kappa shape index (κ1) is 10.4. The number of thioether (sulfide) groups is 1. The summed E-state index contributed by atoms with van der Waals surface area (Å²) in [7, 11) is 4.19. The molecule has 1 rings (SSSR count). The van der Waals surface area contributed by atoms with Crippen LogP contribution in [-0.4, -0.2) is 48.3 Å². The Bertz CT molecular complexity index is 140. The van der Waals surface area contributed by atoms with Crippen molar-refractivity contribution in [1.82, 2.24) is 4.90 Å². The molecule has 0 spiro atoms. The molecule has 0 heterocycles. The van der Waals surface area contributed by atoms with Gasteiger partial charge in [-0.2, -0.15) is 11.8 Å². The number of rotatable bonds is 3. The van der Waals surface area contributed by atoms with Gasteiger partial charge in [0.05, 0.1) is 6.10 Å². The van der Waals surface area contributed by atoms with Gasteiger partial charge in [-0.1, -0.05) is 0 Å². The van der Waals surface area contributed by atoms with Crippen LogP contribution < -0.4 is 0 Å². The minimum Gasteiger partial charge on any atom is -0.392 e. The lowest BCUT2D eigenvalue weighted by Crippen LogP contribution is -2.20. The first-order valence-corrected chi connectivity index (χ1v) is 5.78. The molecular weight excluding hydrogens is 170 g/mol. The molecule has 0 aromatic heterocycles. The van der Waals surface area contributed by atoms with E-state index in [4.69, 9.17) is 0 Å². The number of aliphatic hydroxyl groups excluding tert-OH is 1. The van der Waals surface area contributed by atoms with Gasteiger partial charge < -0.3 is 10.0 Å². The van der Waals surface area contributed by atoms with E-state index in [0.29, 0.717) is 11.2 Å². The van der Waals surface area contributed by atoms with Gasteiger partial charge in [0, 0.05) is 11.8 Å². The van der Waals surface area contributed by atoms with E-state index in [9.17, 15) is 5.11 Å². The lowest BCUT2D eigenvalue weighted by Gasteiger charge is -2.15. The Morgan fingerprint density at radius 3 is 2.50 bits per heavy atom. The maximum absolute atomic E-state index is 9.63. The largest absolute Gasteiger partial charge is 0.392 e. The third-order valence-corrected chi connectivity index (χ3v) is 3.61. The van der Waals surface area contributed by atoms with E-state index in [1.165, 1.54) is 6.42 Å². The van der Waals surface area contributed by atoms with Crippen LogP contribution in [0.25, 0.3) is 0 Å². The van der Waals surface area contributed by atoms with E-state index in [1.54, 1.807) is 11.8 Å². The van der Waals surface area contributed by atoms with Crippen LogP contribution in [0.2, 0.25) is 0 Å². The molecule has 0 amide bonds. The molecule has 72 valence electrons. The fourth-order valence-electron chi connectivity index (χ4n) is 1.99.